The maximum atomic E-state index is 8.42. The van der Waals surface area contributed by atoms with Gasteiger partial charge in [-0.15, -0.1) is 17.4 Å². The molecule has 0 bridgehead atoms. The highest BCUT2D eigenvalue weighted by atomic mass is 35.5. The number of rotatable bonds is 1. The largest absolute Gasteiger partial charge is 0.409 e. The van der Waals surface area contributed by atoms with Crippen LogP contribution < -0.4 is 11.6 Å². The summed E-state index contributed by atoms with van der Waals surface area (Å²) in [6.45, 7) is 6.72. The van der Waals surface area contributed by atoms with Gasteiger partial charge in [0.25, 0.3) is 5.82 Å². The second-order valence-electron chi connectivity index (χ2n) is 4.79. The van der Waals surface area contributed by atoms with Gasteiger partial charge in [0.15, 0.2) is 5.84 Å². The van der Waals surface area contributed by atoms with Gasteiger partial charge in [-0.3, -0.25) is 0 Å². The number of oxime groups is 1. The topological polar surface area (TPSA) is 167 Å². The average Bonchev–Trinajstić information content (AvgIpc) is 3.37. The molecule has 27 heavy (non-hydrogen) atoms. The Hall–Kier alpha value is -3.65. The van der Waals surface area contributed by atoms with Crippen LogP contribution in [-0.2, 0) is 0 Å². The Labute approximate surface area is 159 Å². The van der Waals surface area contributed by atoms with E-state index in [-0.39, 0.29) is 18.2 Å². The highest BCUT2D eigenvalue weighted by Gasteiger charge is 2.02. The van der Waals surface area contributed by atoms with E-state index in [9.17, 15) is 0 Å². The van der Waals surface area contributed by atoms with Crippen LogP contribution in [0.1, 0.15) is 5.69 Å². The van der Waals surface area contributed by atoms with Gasteiger partial charge in [0.2, 0.25) is 5.65 Å². The molecular weight excluding hydrogens is 372 g/mol. The number of aromatic nitrogens is 4. The number of hydrogen-bond acceptors (Lipinski definition) is 6. The SMILES string of the molecule is Cl.N/C(=N\O)c1ccc2cc[nH]c2n1.NO.[C-]#[N+]c1ccc2cc[nH]c2n1. The number of nitrogens with one attached hydrogen (secondary N) is 2. The van der Waals surface area contributed by atoms with Crippen molar-refractivity contribution in [1.82, 2.24) is 19.9 Å². The molecule has 0 aromatic carbocycles. The van der Waals surface area contributed by atoms with Crippen molar-refractivity contribution in [3.8, 4) is 0 Å². The number of pyridine rings is 2. The summed E-state index contributed by atoms with van der Waals surface area (Å²) in [6, 6.07) is 11.0. The quantitative estimate of drug-likeness (QED) is 0.0962. The maximum Gasteiger partial charge on any atom is 0.271 e. The van der Waals surface area contributed by atoms with E-state index in [1.54, 1.807) is 18.3 Å². The van der Waals surface area contributed by atoms with Crippen LogP contribution >= 0.6 is 12.4 Å². The lowest BCUT2D eigenvalue weighted by atomic mass is 10.3. The molecule has 8 N–H and O–H groups in total. The molecule has 4 rings (SSSR count). The summed E-state index contributed by atoms with van der Waals surface area (Å²) in [6.07, 6.45) is 3.60. The molecule has 10 nitrogen and oxygen atoms in total. The van der Waals surface area contributed by atoms with E-state index in [4.69, 9.17) is 22.7 Å². The third-order valence-electron chi connectivity index (χ3n) is 3.29. The molecule has 4 aromatic rings. The van der Waals surface area contributed by atoms with Gasteiger partial charge in [-0.05, 0) is 30.3 Å². The Morgan fingerprint density at radius 3 is 2.07 bits per heavy atom. The fourth-order valence-corrected chi connectivity index (χ4v) is 2.11. The van der Waals surface area contributed by atoms with Crippen LogP contribution in [0, 0.1) is 6.57 Å². The Kier molecular flexibility index (Phi) is 8.21. The zero-order valence-corrected chi connectivity index (χ0v) is 14.7. The summed E-state index contributed by atoms with van der Waals surface area (Å²) < 4.78 is 0. The Morgan fingerprint density at radius 2 is 1.52 bits per heavy atom. The van der Waals surface area contributed by atoms with E-state index in [1.807, 2.05) is 30.5 Å². The molecule has 0 atom stereocenters. The van der Waals surface area contributed by atoms with Crippen LogP contribution in [0.5, 0.6) is 0 Å². The first-order valence-electron chi connectivity index (χ1n) is 7.20. The Balaban J connectivity index is 0.000000242. The van der Waals surface area contributed by atoms with Crippen LogP contribution in [0.3, 0.4) is 0 Å². The summed E-state index contributed by atoms with van der Waals surface area (Å²) in [5.41, 5.74) is 7.34. The molecule has 0 aliphatic heterocycles. The molecule has 11 heteroatoms. The maximum absolute atomic E-state index is 8.42. The first-order chi connectivity index (χ1) is 12.7. The van der Waals surface area contributed by atoms with Crippen molar-refractivity contribution < 1.29 is 10.4 Å². The van der Waals surface area contributed by atoms with Crippen molar-refractivity contribution in [3.63, 3.8) is 0 Å². The number of amidine groups is 1. The summed E-state index contributed by atoms with van der Waals surface area (Å²) in [5, 5.41) is 19.8. The number of nitrogens with two attached hydrogens (primary N) is 2. The number of hydrogen-bond donors (Lipinski definition) is 6. The van der Waals surface area contributed by atoms with E-state index in [0.29, 0.717) is 11.5 Å². The predicted molar refractivity (Wildman–Crippen MR) is 104 cm³/mol. The van der Waals surface area contributed by atoms with E-state index in [2.05, 4.69) is 35.8 Å². The molecule has 4 heterocycles. The lowest BCUT2D eigenvalue weighted by Crippen LogP contribution is -2.14. The van der Waals surface area contributed by atoms with Crippen molar-refractivity contribution in [3.05, 3.63) is 65.9 Å². The highest BCUT2D eigenvalue weighted by molar-refractivity contribution is 5.96. The standard InChI is InChI=1S/C8H8N4O.C8H5N3.ClH.H3NO/c9-7(12-13)6-2-1-5-3-4-10-8(5)11-6;1-9-7-3-2-6-4-5-10-8(6)11-7;;1-2/h1-4,13H,(H2,9,12)(H,10,11);2-5H,(H,10,11);1H;2H,1H2. The molecule has 0 fully saturated rings. The number of nitrogens with zero attached hydrogens (tertiary/aromatic N) is 4. The molecule has 140 valence electrons. The van der Waals surface area contributed by atoms with Crippen molar-refractivity contribution in [2.24, 2.45) is 16.8 Å². The van der Waals surface area contributed by atoms with E-state index >= 15 is 0 Å². The van der Waals surface area contributed by atoms with Crippen LogP contribution in [0.2, 0.25) is 0 Å². The van der Waals surface area contributed by atoms with Gasteiger partial charge in [0.1, 0.15) is 11.3 Å². The van der Waals surface area contributed by atoms with Crippen molar-refractivity contribution in [2.45, 2.75) is 0 Å². The van der Waals surface area contributed by atoms with Gasteiger partial charge in [0, 0.05) is 23.2 Å². The van der Waals surface area contributed by atoms with Gasteiger partial charge >= 0.3 is 0 Å². The first-order valence-corrected chi connectivity index (χ1v) is 7.20. The van der Waals surface area contributed by atoms with Gasteiger partial charge in [-0.25, -0.2) is 10.9 Å². The molecule has 0 saturated carbocycles. The molecule has 0 aliphatic rings. The summed E-state index contributed by atoms with van der Waals surface area (Å²) in [4.78, 5) is 17.3. The van der Waals surface area contributed by atoms with E-state index in [1.165, 1.54) is 0 Å². The predicted octanol–water partition coefficient (Wildman–Crippen LogP) is 2.53. The van der Waals surface area contributed by atoms with Gasteiger partial charge < -0.3 is 31.0 Å². The average molecular weight is 389 g/mol. The monoisotopic (exact) mass is 388 g/mol. The first kappa shape index (κ1) is 21.4. The zero-order valence-electron chi connectivity index (χ0n) is 13.9. The normalized spacial score (nSPS) is 10.0. The van der Waals surface area contributed by atoms with Crippen molar-refractivity contribution in [2.75, 3.05) is 0 Å². The lowest BCUT2D eigenvalue weighted by molar-refractivity contribution is 0.311. The summed E-state index contributed by atoms with van der Waals surface area (Å²) in [5.74, 6) is 3.94. The van der Waals surface area contributed by atoms with Crippen molar-refractivity contribution in [1.29, 1.82) is 0 Å². The Morgan fingerprint density at radius 1 is 0.963 bits per heavy atom. The third-order valence-corrected chi connectivity index (χ3v) is 3.29. The molecule has 0 spiro atoms. The van der Waals surface area contributed by atoms with Crippen LogP contribution in [0.25, 0.3) is 26.9 Å². The fourth-order valence-electron chi connectivity index (χ4n) is 2.11. The lowest BCUT2D eigenvalue weighted by Gasteiger charge is -1.96. The molecule has 0 radical (unpaired) electrons. The second-order valence-corrected chi connectivity index (χ2v) is 4.79. The van der Waals surface area contributed by atoms with Crippen LogP contribution in [0.4, 0.5) is 5.82 Å². The summed E-state index contributed by atoms with van der Waals surface area (Å²) in [7, 11) is 0. The smallest absolute Gasteiger partial charge is 0.271 e. The van der Waals surface area contributed by atoms with Crippen LogP contribution in [-0.4, -0.2) is 36.2 Å². The number of H-pyrrole nitrogens is 2. The molecule has 4 aromatic heterocycles. The summed E-state index contributed by atoms with van der Waals surface area (Å²) >= 11 is 0. The Bertz CT molecular complexity index is 1070. The minimum Gasteiger partial charge on any atom is -0.409 e. The third kappa shape index (κ3) is 5.16. The molecule has 0 aliphatic carbocycles. The number of fused-ring (bicyclic) bond motifs is 2. The van der Waals surface area contributed by atoms with E-state index < -0.39 is 0 Å². The molecule has 0 saturated heterocycles. The van der Waals surface area contributed by atoms with Crippen molar-refractivity contribution >= 4 is 46.1 Å². The zero-order chi connectivity index (χ0) is 18.9. The van der Waals surface area contributed by atoms with Gasteiger partial charge in [-0.2, -0.15) is 0 Å². The highest BCUT2D eigenvalue weighted by Crippen LogP contribution is 2.14. The van der Waals surface area contributed by atoms with Gasteiger partial charge in [-0.1, -0.05) is 17.8 Å². The minimum absolute atomic E-state index is 0. The fraction of sp³-hybridized carbons (Fsp3) is 0. The van der Waals surface area contributed by atoms with Crippen LogP contribution in [0.15, 0.2) is 53.9 Å². The molecular formula is C16H17ClN8O2. The number of halogens is 1. The van der Waals surface area contributed by atoms with E-state index in [0.717, 1.165) is 22.1 Å². The molecule has 0 unspecified atom stereocenters. The second kappa shape index (κ2) is 10.4. The number of aromatic amines is 2. The minimum atomic E-state index is 0. The van der Waals surface area contributed by atoms with Gasteiger partial charge in [0.05, 0.1) is 0 Å². The molecule has 0 amide bonds.